The van der Waals surface area contributed by atoms with Crippen LogP contribution in [0.15, 0.2) is 0 Å². The average Bonchev–Trinajstić information content (AvgIpc) is 2.12. The van der Waals surface area contributed by atoms with Crippen molar-refractivity contribution in [2.24, 2.45) is 17.3 Å². The molecule has 0 aliphatic carbocycles. The second kappa shape index (κ2) is 6.02. The number of ketones is 1. The minimum Gasteiger partial charge on any atom is -0.349 e. The predicted molar refractivity (Wildman–Crippen MR) is 66.1 cm³/mol. The third-order valence-corrected chi connectivity index (χ3v) is 3.07. The Kier molecular flexibility index (Phi) is 5.70. The Morgan fingerprint density at radius 3 is 2.00 bits per heavy atom. The standard InChI is InChI=1S/C13H25NO2/c1-9(2)11(15)8-14-12(16)7-10(3)13(4,5)6/h9-10H,7-8H2,1-6H3,(H,14,16). The van der Waals surface area contributed by atoms with Gasteiger partial charge in [-0.05, 0) is 11.3 Å². The summed E-state index contributed by atoms with van der Waals surface area (Å²) in [7, 11) is 0. The fourth-order valence-corrected chi connectivity index (χ4v) is 1.05. The van der Waals surface area contributed by atoms with Crippen molar-refractivity contribution in [2.75, 3.05) is 6.54 Å². The normalized spacial score (nSPS) is 13.7. The molecule has 0 saturated carbocycles. The Labute approximate surface area is 99.0 Å². The van der Waals surface area contributed by atoms with Crippen molar-refractivity contribution in [3.05, 3.63) is 0 Å². The monoisotopic (exact) mass is 227 g/mol. The fourth-order valence-electron chi connectivity index (χ4n) is 1.05. The summed E-state index contributed by atoms with van der Waals surface area (Å²) in [6.07, 6.45) is 0.481. The number of rotatable bonds is 5. The number of carbonyl (C=O) groups excluding carboxylic acids is 2. The van der Waals surface area contributed by atoms with E-state index in [1.807, 2.05) is 13.8 Å². The van der Waals surface area contributed by atoms with E-state index in [0.29, 0.717) is 12.3 Å². The van der Waals surface area contributed by atoms with Gasteiger partial charge in [0.25, 0.3) is 0 Å². The van der Waals surface area contributed by atoms with Crippen LogP contribution in [-0.4, -0.2) is 18.2 Å². The SMILES string of the molecule is CC(C)C(=O)CNC(=O)CC(C)C(C)(C)C. The van der Waals surface area contributed by atoms with E-state index in [2.05, 4.69) is 33.0 Å². The highest BCUT2D eigenvalue weighted by Crippen LogP contribution is 2.27. The molecule has 0 rings (SSSR count). The molecule has 1 N–H and O–H groups in total. The van der Waals surface area contributed by atoms with Crippen LogP contribution in [0.25, 0.3) is 0 Å². The second-order valence-electron chi connectivity index (χ2n) is 5.87. The highest BCUT2D eigenvalue weighted by molar-refractivity contribution is 5.87. The lowest BCUT2D eigenvalue weighted by atomic mass is 9.80. The van der Waals surface area contributed by atoms with Crippen molar-refractivity contribution < 1.29 is 9.59 Å². The lowest BCUT2D eigenvalue weighted by molar-refractivity contribution is -0.127. The molecule has 1 amide bonds. The van der Waals surface area contributed by atoms with Gasteiger partial charge >= 0.3 is 0 Å². The molecule has 0 aromatic heterocycles. The maximum Gasteiger partial charge on any atom is 0.220 e. The van der Waals surface area contributed by atoms with Crippen LogP contribution in [-0.2, 0) is 9.59 Å². The molecule has 0 spiro atoms. The molecule has 16 heavy (non-hydrogen) atoms. The van der Waals surface area contributed by atoms with Gasteiger partial charge in [-0.3, -0.25) is 9.59 Å². The van der Waals surface area contributed by atoms with Crippen LogP contribution in [0.2, 0.25) is 0 Å². The molecule has 0 bridgehead atoms. The zero-order valence-corrected chi connectivity index (χ0v) is 11.4. The number of nitrogens with one attached hydrogen (secondary N) is 1. The van der Waals surface area contributed by atoms with E-state index < -0.39 is 0 Å². The van der Waals surface area contributed by atoms with Gasteiger partial charge in [0.1, 0.15) is 0 Å². The van der Waals surface area contributed by atoms with Crippen molar-refractivity contribution in [1.29, 1.82) is 0 Å². The molecular formula is C13H25NO2. The van der Waals surface area contributed by atoms with Crippen LogP contribution in [0, 0.1) is 17.3 Å². The Hall–Kier alpha value is -0.860. The van der Waals surface area contributed by atoms with Gasteiger partial charge in [0.05, 0.1) is 6.54 Å². The van der Waals surface area contributed by atoms with E-state index in [1.165, 1.54) is 0 Å². The Bertz CT molecular complexity index is 251. The van der Waals surface area contributed by atoms with Gasteiger partial charge in [0.15, 0.2) is 5.78 Å². The van der Waals surface area contributed by atoms with Crippen molar-refractivity contribution >= 4 is 11.7 Å². The number of Topliss-reactive ketones (excluding diaryl/α,β-unsaturated/α-hetero) is 1. The zero-order chi connectivity index (χ0) is 12.9. The second-order valence-corrected chi connectivity index (χ2v) is 5.87. The van der Waals surface area contributed by atoms with Gasteiger partial charge in [-0.1, -0.05) is 41.5 Å². The highest BCUT2D eigenvalue weighted by atomic mass is 16.2. The first-order valence-corrected chi connectivity index (χ1v) is 5.94. The Morgan fingerprint density at radius 1 is 1.12 bits per heavy atom. The molecule has 3 heteroatoms. The van der Waals surface area contributed by atoms with E-state index in [0.717, 1.165) is 0 Å². The predicted octanol–water partition coefficient (Wildman–Crippen LogP) is 2.40. The van der Waals surface area contributed by atoms with Gasteiger partial charge in [-0.25, -0.2) is 0 Å². The van der Waals surface area contributed by atoms with E-state index >= 15 is 0 Å². The number of hydrogen-bond acceptors (Lipinski definition) is 2. The van der Waals surface area contributed by atoms with Crippen molar-refractivity contribution in [3.63, 3.8) is 0 Å². The highest BCUT2D eigenvalue weighted by Gasteiger charge is 2.22. The van der Waals surface area contributed by atoms with E-state index in [-0.39, 0.29) is 29.6 Å². The third-order valence-electron chi connectivity index (χ3n) is 3.07. The first kappa shape index (κ1) is 15.1. The molecule has 1 unspecified atom stereocenters. The summed E-state index contributed by atoms with van der Waals surface area (Å²) in [5.41, 5.74) is 0.124. The Balaban J connectivity index is 3.97. The zero-order valence-electron chi connectivity index (χ0n) is 11.4. The number of amides is 1. The summed E-state index contributed by atoms with van der Waals surface area (Å²) in [6, 6.07) is 0. The molecule has 0 aliphatic rings. The van der Waals surface area contributed by atoms with Gasteiger partial charge < -0.3 is 5.32 Å². The average molecular weight is 227 g/mol. The maximum absolute atomic E-state index is 11.6. The van der Waals surface area contributed by atoms with Crippen LogP contribution < -0.4 is 5.32 Å². The molecule has 0 fully saturated rings. The van der Waals surface area contributed by atoms with Gasteiger partial charge in [-0.15, -0.1) is 0 Å². The van der Waals surface area contributed by atoms with Gasteiger partial charge in [0.2, 0.25) is 5.91 Å². The molecule has 94 valence electrons. The molecule has 0 heterocycles. The van der Waals surface area contributed by atoms with Crippen LogP contribution in [0.4, 0.5) is 0 Å². The van der Waals surface area contributed by atoms with Crippen LogP contribution >= 0.6 is 0 Å². The topological polar surface area (TPSA) is 46.2 Å². The molecule has 1 atom stereocenters. The summed E-state index contributed by atoms with van der Waals surface area (Å²) in [4.78, 5) is 22.9. The number of carbonyl (C=O) groups is 2. The first-order valence-electron chi connectivity index (χ1n) is 5.94. The first-order chi connectivity index (χ1) is 7.14. The minimum atomic E-state index is -0.0311. The van der Waals surface area contributed by atoms with Crippen molar-refractivity contribution in [3.8, 4) is 0 Å². The Morgan fingerprint density at radius 2 is 1.62 bits per heavy atom. The largest absolute Gasteiger partial charge is 0.349 e. The van der Waals surface area contributed by atoms with Gasteiger partial charge in [-0.2, -0.15) is 0 Å². The summed E-state index contributed by atoms with van der Waals surface area (Å²) in [6.45, 7) is 12.2. The molecular weight excluding hydrogens is 202 g/mol. The van der Waals surface area contributed by atoms with E-state index in [9.17, 15) is 9.59 Å². The van der Waals surface area contributed by atoms with E-state index in [1.54, 1.807) is 0 Å². The molecule has 0 aromatic carbocycles. The van der Waals surface area contributed by atoms with Crippen LogP contribution in [0.1, 0.15) is 48.0 Å². The van der Waals surface area contributed by atoms with Crippen LogP contribution in [0.5, 0.6) is 0 Å². The summed E-state index contributed by atoms with van der Waals surface area (Å²) in [5, 5.41) is 2.68. The smallest absolute Gasteiger partial charge is 0.220 e. The molecule has 0 radical (unpaired) electrons. The quantitative estimate of drug-likeness (QED) is 0.784. The number of hydrogen-bond donors (Lipinski definition) is 1. The summed E-state index contributed by atoms with van der Waals surface area (Å²) < 4.78 is 0. The van der Waals surface area contributed by atoms with Crippen LogP contribution in [0.3, 0.4) is 0 Å². The van der Waals surface area contributed by atoms with Gasteiger partial charge in [0, 0.05) is 12.3 Å². The van der Waals surface area contributed by atoms with E-state index in [4.69, 9.17) is 0 Å². The maximum atomic E-state index is 11.6. The fraction of sp³-hybridized carbons (Fsp3) is 0.846. The molecule has 0 saturated heterocycles. The summed E-state index contributed by atoms with van der Waals surface area (Å²) in [5.74, 6) is 0.343. The third kappa shape index (κ3) is 5.89. The lowest BCUT2D eigenvalue weighted by Gasteiger charge is -2.26. The lowest BCUT2D eigenvalue weighted by Crippen LogP contribution is -2.34. The minimum absolute atomic E-state index is 0.0136. The molecule has 0 aromatic rings. The summed E-state index contributed by atoms with van der Waals surface area (Å²) >= 11 is 0. The molecule has 0 aliphatic heterocycles. The van der Waals surface area contributed by atoms with Crippen molar-refractivity contribution in [1.82, 2.24) is 5.32 Å². The van der Waals surface area contributed by atoms with Crippen molar-refractivity contribution in [2.45, 2.75) is 48.0 Å². The molecule has 3 nitrogen and oxygen atoms in total.